The molecule has 0 atom stereocenters. The van der Waals surface area contributed by atoms with Gasteiger partial charge in [-0.05, 0) is 71.1 Å². The van der Waals surface area contributed by atoms with Crippen molar-refractivity contribution in [1.82, 2.24) is 9.97 Å². The Bertz CT molecular complexity index is 1010. The summed E-state index contributed by atoms with van der Waals surface area (Å²) in [6, 6.07) is 11.8. The van der Waals surface area contributed by atoms with Gasteiger partial charge in [0.25, 0.3) is 0 Å². The van der Waals surface area contributed by atoms with Gasteiger partial charge in [-0.3, -0.25) is 10.1 Å². The van der Waals surface area contributed by atoms with Crippen molar-refractivity contribution in [2.75, 3.05) is 10.6 Å². The van der Waals surface area contributed by atoms with Gasteiger partial charge >= 0.3 is 12.0 Å². The molecule has 0 fully saturated rings. The van der Waals surface area contributed by atoms with Crippen LogP contribution in [0.5, 0.6) is 5.75 Å². The van der Waals surface area contributed by atoms with E-state index in [2.05, 4.69) is 47.9 Å². The number of hydrogen-bond donors (Lipinski definition) is 2. The quantitative estimate of drug-likeness (QED) is 0.257. The van der Waals surface area contributed by atoms with Crippen molar-refractivity contribution in [2.45, 2.75) is 6.36 Å². The summed E-state index contributed by atoms with van der Waals surface area (Å²) in [5.41, 5.74) is 0.454. The number of rotatable bonds is 6. The average Bonchev–Trinajstić information content (AvgIpc) is 2.64. The number of hydrogen-bond acceptors (Lipinski definition) is 7. The van der Waals surface area contributed by atoms with Gasteiger partial charge < -0.3 is 15.4 Å². The molecule has 0 aliphatic rings. The summed E-state index contributed by atoms with van der Waals surface area (Å²) >= 11 is 2.13. The number of ether oxygens (including phenoxy) is 1. The SMILES string of the molecule is O=[N+]([O-])c1c(Nc2ccc(I)cc2)ncnc1Nc1ccc(OC(F)(F)F)cc1. The molecular weight excluding hydrogens is 506 g/mol. The number of alkyl halides is 3. The third-order valence-corrected chi connectivity index (χ3v) is 4.18. The lowest BCUT2D eigenvalue weighted by molar-refractivity contribution is -0.383. The lowest BCUT2D eigenvalue weighted by Gasteiger charge is -2.11. The topological polar surface area (TPSA) is 102 Å². The van der Waals surface area contributed by atoms with E-state index in [1.807, 2.05) is 12.1 Å². The maximum atomic E-state index is 12.2. The lowest BCUT2D eigenvalue weighted by Crippen LogP contribution is -2.17. The highest BCUT2D eigenvalue weighted by molar-refractivity contribution is 14.1. The molecule has 0 bridgehead atoms. The van der Waals surface area contributed by atoms with Crippen LogP contribution in [-0.4, -0.2) is 21.3 Å². The third kappa shape index (κ3) is 5.66. The normalized spacial score (nSPS) is 11.0. The Morgan fingerprint density at radius 3 is 1.86 bits per heavy atom. The van der Waals surface area contributed by atoms with Gasteiger partial charge in [0.15, 0.2) is 0 Å². The molecule has 0 aliphatic carbocycles. The van der Waals surface area contributed by atoms with Crippen molar-refractivity contribution in [3.05, 3.63) is 68.5 Å². The zero-order chi connectivity index (χ0) is 21.0. The molecule has 1 aromatic heterocycles. The van der Waals surface area contributed by atoms with E-state index in [4.69, 9.17) is 0 Å². The number of nitrogens with one attached hydrogen (secondary N) is 2. The molecule has 150 valence electrons. The van der Waals surface area contributed by atoms with Crippen LogP contribution in [0.25, 0.3) is 0 Å². The zero-order valence-corrected chi connectivity index (χ0v) is 16.4. The molecule has 0 amide bonds. The van der Waals surface area contributed by atoms with E-state index in [-0.39, 0.29) is 17.3 Å². The van der Waals surface area contributed by atoms with Crippen molar-refractivity contribution < 1.29 is 22.8 Å². The maximum absolute atomic E-state index is 12.2. The third-order valence-electron chi connectivity index (χ3n) is 3.46. The molecule has 2 N–H and O–H groups in total. The fraction of sp³-hybridized carbons (Fsp3) is 0.0588. The summed E-state index contributed by atoms with van der Waals surface area (Å²) in [5, 5.41) is 17.2. The minimum Gasteiger partial charge on any atom is -0.406 e. The predicted molar refractivity (Wildman–Crippen MR) is 108 cm³/mol. The molecule has 0 unspecified atom stereocenters. The molecule has 0 saturated heterocycles. The Morgan fingerprint density at radius 1 is 0.931 bits per heavy atom. The lowest BCUT2D eigenvalue weighted by atomic mass is 10.3. The highest BCUT2D eigenvalue weighted by Gasteiger charge is 2.31. The Kier molecular flexibility index (Phi) is 6.00. The molecule has 0 saturated carbocycles. The van der Waals surface area contributed by atoms with E-state index < -0.39 is 22.7 Å². The van der Waals surface area contributed by atoms with Crippen molar-refractivity contribution in [1.29, 1.82) is 0 Å². The zero-order valence-electron chi connectivity index (χ0n) is 14.3. The first-order chi connectivity index (χ1) is 13.7. The summed E-state index contributed by atoms with van der Waals surface area (Å²) in [6.07, 6.45) is -3.68. The van der Waals surface area contributed by atoms with E-state index in [1.54, 1.807) is 12.1 Å². The van der Waals surface area contributed by atoms with Crippen LogP contribution in [0.2, 0.25) is 0 Å². The van der Waals surface area contributed by atoms with Crippen LogP contribution >= 0.6 is 22.6 Å². The fourth-order valence-electron chi connectivity index (χ4n) is 2.28. The summed E-state index contributed by atoms with van der Waals surface area (Å²) in [6.45, 7) is 0. The number of benzene rings is 2. The molecule has 12 heteroatoms. The van der Waals surface area contributed by atoms with Crippen LogP contribution in [0.15, 0.2) is 54.9 Å². The van der Waals surface area contributed by atoms with Gasteiger partial charge in [0.2, 0.25) is 11.6 Å². The number of nitrogens with zero attached hydrogens (tertiary/aromatic N) is 3. The van der Waals surface area contributed by atoms with Gasteiger partial charge in [0, 0.05) is 14.9 Å². The monoisotopic (exact) mass is 517 g/mol. The van der Waals surface area contributed by atoms with Gasteiger partial charge in [0.1, 0.15) is 12.1 Å². The van der Waals surface area contributed by atoms with Crippen LogP contribution < -0.4 is 15.4 Å². The van der Waals surface area contributed by atoms with Crippen LogP contribution in [0.4, 0.5) is 41.9 Å². The fourth-order valence-corrected chi connectivity index (χ4v) is 2.64. The maximum Gasteiger partial charge on any atom is 0.573 e. The highest BCUT2D eigenvalue weighted by atomic mass is 127. The molecule has 3 rings (SSSR count). The first-order valence-electron chi connectivity index (χ1n) is 7.86. The van der Waals surface area contributed by atoms with Crippen LogP contribution in [0.3, 0.4) is 0 Å². The number of halogens is 4. The van der Waals surface area contributed by atoms with E-state index in [1.165, 1.54) is 12.1 Å². The second-order valence-corrected chi connectivity index (χ2v) is 6.75. The molecule has 0 spiro atoms. The number of anilines is 4. The highest BCUT2D eigenvalue weighted by Crippen LogP contribution is 2.33. The molecule has 0 radical (unpaired) electrons. The Morgan fingerprint density at radius 2 is 1.41 bits per heavy atom. The minimum atomic E-state index is -4.81. The van der Waals surface area contributed by atoms with Gasteiger partial charge in [0.05, 0.1) is 4.92 Å². The van der Waals surface area contributed by atoms with Crippen LogP contribution in [-0.2, 0) is 0 Å². The van der Waals surface area contributed by atoms with Gasteiger partial charge in [-0.15, -0.1) is 13.2 Å². The van der Waals surface area contributed by atoms with Crippen molar-refractivity contribution in [2.24, 2.45) is 0 Å². The van der Waals surface area contributed by atoms with Crippen molar-refractivity contribution in [3.8, 4) is 5.75 Å². The molecule has 29 heavy (non-hydrogen) atoms. The molecule has 0 aliphatic heterocycles. The Balaban J connectivity index is 1.85. The molecule has 1 heterocycles. The summed E-state index contributed by atoms with van der Waals surface area (Å²) < 4.78 is 41.5. The van der Waals surface area contributed by atoms with E-state index in [0.29, 0.717) is 5.69 Å². The molecule has 2 aromatic carbocycles. The number of nitro groups is 1. The number of aromatic nitrogens is 2. The van der Waals surface area contributed by atoms with E-state index in [0.717, 1.165) is 22.0 Å². The Hall–Kier alpha value is -3.16. The van der Waals surface area contributed by atoms with Crippen molar-refractivity contribution in [3.63, 3.8) is 0 Å². The molecule has 3 aromatic rings. The van der Waals surface area contributed by atoms with Gasteiger partial charge in [-0.25, -0.2) is 9.97 Å². The summed E-state index contributed by atoms with van der Waals surface area (Å²) in [7, 11) is 0. The van der Waals surface area contributed by atoms with Crippen molar-refractivity contribution >= 4 is 51.3 Å². The van der Waals surface area contributed by atoms with E-state index in [9.17, 15) is 23.3 Å². The van der Waals surface area contributed by atoms with Crippen LogP contribution in [0, 0.1) is 13.7 Å². The van der Waals surface area contributed by atoms with Crippen LogP contribution in [0.1, 0.15) is 0 Å². The second kappa shape index (κ2) is 8.46. The standard InChI is InChI=1S/C17H11F3IN5O3/c18-17(19,20)29-13-7-5-12(6-8-13)25-16-14(26(27)28)15(22-9-23-16)24-11-3-1-10(21)2-4-11/h1-9H,(H2,22,23,24,25). The molecular formula is C17H11F3IN5O3. The Labute approximate surface area is 175 Å². The summed E-state index contributed by atoms with van der Waals surface area (Å²) in [4.78, 5) is 18.7. The minimum absolute atomic E-state index is 0.0364. The first kappa shape index (κ1) is 20.6. The summed E-state index contributed by atoms with van der Waals surface area (Å²) in [5.74, 6) is -0.575. The molecule has 8 nitrogen and oxygen atoms in total. The van der Waals surface area contributed by atoms with Gasteiger partial charge in [-0.1, -0.05) is 0 Å². The van der Waals surface area contributed by atoms with Gasteiger partial charge in [-0.2, -0.15) is 0 Å². The average molecular weight is 517 g/mol. The largest absolute Gasteiger partial charge is 0.573 e. The predicted octanol–water partition coefficient (Wildman–Crippen LogP) is 5.38. The van der Waals surface area contributed by atoms with E-state index >= 15 is 0 Å². The first-order valence-corrected chi connectivity index (χ1v) is 8.94. The second-order valence-electron chi connectivity index (χ2n) is 5.51. The smallest absolute Gasteiger partial charge is 0.406 e.